The molecule has 5 nitrogen and oxygen atoms in total. The van der Waals surface area contributed by atoms with Gasteiger partial charge in [0.15, 0.2) is 17.1 Å². The molecular weight excluding hydrogens is 400 g/mol. The number of pyridine rings is 1. The molecule has 0 spiro atoms. The SMILES string of the molecule is Cc1c(Cl)ccc2c(=O)c3c([nH]c12)CCN(CC(=O)Nc1ccc(F)c(F)c1)C3. The lowest BCUT2D eigenvalue weighted by molar-refractivity contribution is -0.117. The second-order valence-corrected chi connectivity index (χ2v) is 7.55. The number of aromatic nitrogens is 1. The summed E-state index contributed by atoms with van der Waals surface area (Å²) in [6, 6.07) is 6.60. The van der Waals surface area contributed by atoms with Crippen LogP contribution in [0.2, 0.25) is 5.02 Å². The van der Waals surface area contributed by atoms with Crippen LogP contribution in [0.25, 0.3) is 10.9 Å². The number of rotatable bonds is 3. The molecule has 2 aromatic carbocycles. The number of amides is 1. The van der Waals surface area contributed by atoms with E-state index in [9.17, 15) is 18.4 Å². The summed E-state index contributed by atoms with van der Waals surface area (Å²) in [4.78, 5) is 30.4. The number of carbonyl (C=O) groups excluding carboxylic acids is 1. The number of H-pyrrole nitrogens is 1. The van der Waals surface area contributed by atoms with Crippen LogP contribution in [0.15, 0.2) is 35.1 Å². The van der Waals surface area contributed by atoms with E-state index in [4.69, 9.17) is 11.6 Å². The van der Waals surface area contributed by atoms with Crippen molar-refractivity contribution in [2.75, 3.05) is 18.4 Å². The van der Waals surface area contributed by atoms with Gasteiger partial charge in [-0.3, -0.25) is 14.5 Å². The fourth-order valence-corrected chi connectivity index (χ4v) is 3.79. The van der Waals surface area contributed by atoms with Crippen molar-refractivity contribution in [3.8, 4) is 0 Å². The molecule has 8 heteroatoms. The fraction of sp³-hybridized carbons (Fsp3) is 0.238. The van der Waals surface area contributed by atoms with Crippen LogP contribution in [0.4, 0.5) is 14.5 Å². The van der Waals surface area contributed by atoms with E-state index in [1.54, 1.807) is 12.1 Å². The number of hydrogen-bond donors (Lipinski definition) is 2. The highest BCUT2D eigenvalue weighted by atomic mass is 35.5. The van der Waals surface area contributed by atoms with E-state index in [-0.39, 0.29) is 23.6 Å². The summed E-state index contributed by atoms with van der Waals surface area (Å²) in [7, 11) is 0. The molecule has 4 rings (SSSR count). The van der Waals surface area contributed by atoms with E-state index in [1.165, 1.54) is 6.07 Å². The molecule has 150 valence electrons. The summed E-state index contributed by atoms with van der Waals surface area (Å²) in [6.07, 6.45) is 0.588. The fourth-order valence-electron chi connectivity index (χ4n) is 3.63. The van der Waals surface area contributed by atoms with Crippen molar-refractivity contribution in [2.24, 2.45) is 0 Å². The molecule has 1 amide bonds. The molecule has 0 fully saturated rings. The standard InChI is InChI=1S/C21H18ClF2N3O2/c1-11-15(22)4-3-13-20(11)26-18-6-7-27(9-14(18)21(13)29)10-19(28)25-12-2-5-16(23)17(24)8-12/h2-5,8H,6-7,9-10H2,1H3,(H,25,28)(H,26,29). The summed E-state index contributed by atoms with van der Waals surface area (Å²) in [5.41, 5.74) is 3.17. The van der Waals surface area contributed by atoms with Crippen LogP contribution in [0.3, 0.4) is 0 Å². The number of hydrogen-bond acceptors (Lipinski definition) is 3. The highest BCUT2D eigenvalue weighted by Crippen LogP contribution is 2.25. The number of nitrogens with one attached hydrogen (secondary N) is 2. The number of fused-ring (bicyclic) bond motifs is 2. The number of anilines is 1. The van der Waals surface area contributed by atoms with Gasteiger partial charge in [0.05, 0.1) is 12.1 Å². The normalized spacial score (nSPS) is 14.1. The first-order valence-electron chi connectivity index (χ1n) is 9.13. The lowest BCUT2D eigenvalue weighted by Crippen LogP contribution is -2.39. The number of carbonyl (C=O) groups is 1. The molecule has 0 saturated carbocycles. The molecule has 0 radical (unpaired) electrons. The van der Waals surface area contributed by atoms with Crippen LogP contribution < -0.4 is 10.7 Å². The molecule has 2 N–H and O–H groups in total. The average molecular weight is 418 g/mol. The van der Waals surface area contributed by atoms with Crippen LogP contribution >= 0.6 is 11.6 Å². The Balaban J connectivity index is 1.53. The molecule has 1 aliphatic heterocycles. The van der Waals surface area contributed by atoms with E-state index in [0.29, 0.717) is 35.5 Å². The van der Waals surface area contributed by atoms with Gasteiger partial charge in [-0.15, -0.1) is 0 Å². The third-order valence-corrected chi connectivity index (χ3v) is 5.60. The van der Waals surface area contributed by atoms with Gasteiger partial charge in [-0.25, -0.2) is 8.78 Å². The third-order valence-electron chi connectivity index (χ3n) is 5.19. The van der Waals surface area contributed by atoms with E-state index in [1.807, 2.05) is 11.8 Å². The molecule has 0 saturated heterocycles. The van der Waals surface area contributed by atoms with Gasteiger partial charge >= 0.3 is 0 Å². The van der Waals surface area contributed by atoms with E-state index in [0.717, 1.165) is 28.9 Å². The number of nitrogens with zero attached hydrogens (tertiary/aromatic N) is 1. The first-order valence-corrected chi connectivity index (χ1v) is 9.51. The summed E-state index contributed by atoms with van der Waals surface area (Å²) < 4.78 is 26.3. The molecule has 0 unspecified atom stereocenters. The van der Waals surface area contributed by atoms with Crippen LogP contribution in [0.5, 0.6) is 0 Å². The number of halogens is 3. The Labute approximate surface area is 170 Å². The van der Waals surface area contributed by atoms with Gasteiger partial charge in [-0.1, -0.05) is 11.6 Å². The number of benzene rings is 2. The first-order chi connectivity index (χ1) is 13.8. The Hall–Kier alpha value is -2.77. The van der Waals surface area contributed by atoms with Crippen LogP contribution in [-0.2, 0) is 17.8 Å². The van der Waals surface area contributed by atoms with Crippen molar-refractivity contribution in [3.63, 3.8) is 0 Å². The monoisotopic (exact) mass is 417 g/mol. The van der Waals surface area contributed by atoms with Crippen molar-refractivity contribution in [2.45, 2.75) is 19.9 Å². The molecule has 0 bridgehead atoms. The van der Waals surface area contributed by atoms with Crippen molar-refractivity contribution >= 4 is 34.1 Å². The predicted octanol–water partition coefficient (Wildman–Crippen LogP) is 3.76. The van der Waals surface area contributed by atoms with Gasteiger partial charge in [-0.05, 0) is 36.8 Å². The highest BCUT2D eigenvalue weighted by molar-refractivity contribution is 6.32. The van der Waals surface area contributed by atoms with Crippen LogP contribution in [-0.4, -0.2) is 28.9 Å². The van der Waals surface area contributed by atoms with Gasteiger partial charge in [0.2, 0.25) is 5.91 Å². The minimum atomic E-state index is -1.02. The second-order valence-electron chi connectivity index (χ2n) is 7.14. The quantitative estimate of drug-likeness (QED) is 0.682. The van der Waals surface area contributed by atoms with Gasteiger partial charge in [-0.2, -0.15) is 0 Å². The van der Waals surface area contributed by atoms with Crippen molar-refractivity contribution < 1.29 is 13.6 Å². The second kappa shape index (κ2) is 7.57. The maximum absolute atomic E-state index is 13.3. The largest absolute Gasteiger partial charge is 0.358 e. The zero-order valence-electron chi connectivity index (χ0n) is 15.6. The number of aromatic amines is 1. The van der Waals surface area contributed by atoms with Gasteiger partial charge < -0.3 is 10.3 Å². The Kier molecular flexibility index (Phi) is 5.10. The Morgan fingerprint density at radius 3 is 2.79 bits per heavy atom. The van der Waals surface area contributed by atoms with Gasteiger partial charge in [0.1, 0.15) is 0 Å². The zero-order valence-corrected chi connectivity index (χ0v) is 16.4. The number of aryl methyl sites for hydroxylation is 1. The zero-order chi connectivity index (χ0) is 20.7. The maximum atomic E-state index is 13.3. The van der Waals surface area contributed by atoms with E-state index >= 15 is 0 Å². The van der Waals surface area contributed by atoms with Crippen LogP contribution in [0, 0.1) is 18.6 Å². The molecule has 2 heterocycles. The van der Waals surface area contributed by atoms with E-state index < -0.39 is 11.6 Å². The molecule has 3 aromatic rings. The molecule has 0 atom stereocenters. The van der Waals surface area contributed by atoms with E-state index in [2.05, 4.69) is 10.3 Å². The minimum absolute atomic E-state index is 0.0373. The molecular formula is C21H18ClF2N3O2. The van der Waals surface area contributed by atoms with Gasteiger partial charge in [0, 0.05) is 52.9 Å². The Morgan fingerprint density at radius 2 is 2.03 bits per heavy atom. The smallest absolute Gasteiger partial charge is 0.238 e. The summed E-state index contributed by atoms with van der Waals surface area (Å²) in [6.45, 7) is 2.81. The highest BCUT2D eigenvalue weighted by Gasteiger charge is 2.23. The minimum Gasteiger partial charge on any atom is -0.358 e. The van der Waals surface area contributed by atoms with Crippen molar-refractivity contribution in [3.05, 3.63) is 74.0 Å². The van der Waals surface area contributed by atoms with Crippen molar-refractivity contribution in [1.82, 2.24) is 9.88 Å². The summed E-state index contributed by atoms with van der Waals surface area (Å²) >= 11 is 6.17. The maximum Gasteiger partial charge on any atom is 0.238 e. The Bertz CT molecular complexity index is 1190. The first kappa shape index (κ1) is 19.5. The molecule has 29 heavy (non-hydrogen) atoms. The van der Waals surface area contributed by atoms with Crippen LogP contribution in [0.1, 0.15) is 16.8 Å². The van der Waals surface area contributed by atoms with Crippen molar-refractivity contribution in [1.29, 1.82) is 0 Å². The Morgan fingerprint density at radius 1 is 1.24 bits per heavy atom. The topological polar surface area (TPSA) is 65.2 Å². The average Bonchev–Trinajstić information content (AvgIpc) is 2.68. The molecule has 1 aromatic heterocycles. The molecule has 1 aliphatic rings. The predicted molar refractivity (Wildman–Crippen MR) is 108 cm³/mol. The third kappa shape index (κ3) is 3.75. The van der Waals surface area contributed by atoms with Gasteiger partial charge in [0.25, 0.3) is 0 Å². The summed E-state index contributed by atoms with van der Waals surface area (Å²) in [5.74, 6) is -2.36. The lowest BCUT2D eigenvalue weighted by Gasteiger charge is -2.28. The summed E-state index contributed by atoms with van der Waals surface area (Å²) in [5, 5.41) is 3.72. The lowest BCUT2D eigenvalue weighted by atomic mass is 10.0. The molecule has 0 aliphatic carbocycles.